The Morgan fingerprint density at radius 1 is 1.09 bits per heavy atom. The van der Waals surface area contributed by atoms with Crippen molar-refractivity contribution in [3.8, 4) is 0 Å². The van der Waals surface area contributed by atoms with Crippen LogP contribution in [0.5, 0.6) is 0 Å². The minimum Gasteiger partial charge on any atom is -0.500 e. The second-order valence-electron chi connectivity index (χ2n) is 9.52. The molecule has 1 N–H and O–H groups in total. The molecule has 5 atom stereocenters. The lowest BCUT2D eigenvalue weighted by atomic mass is 9.39. The zero-order valence-electron chi connectivity index (χ0n) is 19.1. The van der Waals surface area contributed by atoms with E-state index in [2.05, 4.69) is 29.1 Å². The molecule has 1 spiro atoms. The van der Waals surface area contributed by atoms with Gasteiger partial charge < -0.3 is 9.84 Å². The van der Waals surface area contributed by atoms with E-state index in [4.69, 9.17) is 4.74 Å². The fourth-order valence-corrected chi connectivity index (χ4v) is 7.37. The Morgan fingerprint density at radius 2 is 1.76 bits per heavy atom. The first-order valence-corrected chi connectivity index (χ1v) is 12.3. The number of hydrogen-bond acceptors (Lipinski definition) is 4. The third kappa shape index (κ3) is 2.52. The summed E-state index contributed by atoms with van der Waals surface area (Å²) in [6.45, 7) is 7.73. The average molecular weight is 519 g/mol. The molecular weight excluding hydrogens is 492 g/mol. The zero-order valence-corrected chi connectivity index (χ0v) is 20.7. The van der Waals surface area contributed by atoms with Crippen molar-refractivity contribution in [2.45, 2.75) is 30.8 Å². The van der Waals surface area contributed by atoms with Crippen LogP contribution in [0.3, 0.4) is 0 Å². The van der Waals surface area contributed by atoms with Crippen molar-refractivity contribution >= 4 is 27.5 Å². The second-order valence-corrected chi connectivity index (χ2v) is 10.4. The molecule has 0 aromatic heterocycles. The maximum absolute atomic E-state index is 14.5. The van der Waals surface area contributed by atoms with Crippen LogP contribution in [0.4, 0.5) is 0 Å². The maximum Gasteiger partial charge on any atom is 0.179 e. The molecule has 2 bridgehead atoms. The van der Waals surface area contributed by atoms with Crippen LogP contribution in [0.15, 0.2) is 95.7 Å². The highest BCUT2D eigenvalue weighted by Crippen LogP contribution is 2.79. The van der Waals surface area contributed by atoms with Crippen molar-refractivity contribution < 1.29 is 19.4 Å². The third-order valence-electron chi connectivity index (χ3n) is 8.20. The van der Waals surface area contributed by atoms with Gasteiger partial charge in [-0.1, -0.05) is 70.5 Å². The van der Waals surface area contributed by atoms with Crippen molar-refractivity contribution in [3.05, 3.63) is 107 Å². The molecule has 3 aliphatic rings. The molecule has 34 heavy (non-hydrogen) atoms. The highest BCUT2D eigenvalue weighted by Gasteiger charge is 2.87. The van der Waals surface area contributed by atoms with Crippen molar-refractivity contribution in [2.75, 3.05) is 7.11 Å². The van der Waals surface area contributed by atoms with Crippen molar-refractivity contribution in [3.63, 3.8) is 0 Å². The fourth-order valence-electron chi connectivity index (χ4n) is 7.11. The highest BCUT2D eigenvalue weighted by molar-refractivity contribution is 9.10. The summed E-state index contributed by atoms with van der Waals surface area (Å²) in [6, 6.07) is 16.9. The number of ketones is 2. The van der Waals surface area contributed by atoms with Gasteiger partial charge in [0.2, 0.25) is 0 Å². The van der Waals surface area contributed by atoms with Gasteiger partial charge >= 0.3 is 0 Å². The van der Waals surface area contributed by atoms with Crippen LogP contribution in [0.25, 0.3) is 0 Å². The van der Waals surface area contributed by atoms with Gasteiger partial charge in [-0.3, -0.25) is 9.59 Å². The van der Waals surface area contributed by atoms with Crippen LogP contribution < -0.4 is 0 Å². The van der Waals surface area contributed by atoms with Gasteiger partial charge in [-0.05, 0) is 48.4 Å². The van der Waals surface area contributed by atoms with E-state index in [0.717, 1.165) is 10.0 Å². The molecule has 5 heteroatoms. The van der Waals surface area contributed by atoms with E-state index in [1.807, 2.05) is 54.6 Å². The van der Waals surface area contributed by atoms with Gasteiger partial charge in [0, 0.05) is 16.0 Å². The van der Waals surface area contributed by atoms with Crippen LogP contribution in [0.1, 0.15) is 36.3 Å². The summed E-state index contributed by atoms with van der Waals surface area (Å²) in [5.41, 5.74) is -2.37. The average Bonchev–Trinajstić information content (AvgIpc) is 3.02. The smallest absolute Gasteiger partial charge is 0.179 e. The molecule has 174 valence electrons. The van der Waals surface area contributed by atoms with Gasteiger partial charge in [0.25, 0.3) is 0 Å². The van der Waals surface area contributed by atoms with Gasteiger partial charge in [-0.15, -0.1) is 13.2 Å². The summed E-state index contributed by atoms with van der Waals surface area (Å²) in [6.07, 6.45) is 4.41. The minimum atomic E-state index is -1.68. The molecule has 0 saturated heterocycles. The molecule has 5 rings (SSSR count). The van der Waals surface area contributed by atoms with E-state index in [0.29, 0.717) is 29.7 Å². The van der Waals surface area contributed by atoms with Crippen LogP contribution in [0.2, 0.25) is 0 Å². The highest BCUT2D eigenvalue weighted by atomic mass is 79.9. The van der Waals surface area contributed by atoms with Crippen LogP contribution >= 0.6 is 15.9 Å². The molecule has 0 radical (unpaired) electrons. The molecule has 3 aliphatic carbocycles. The summed E-state index contributed by atoms with van der Waals surface area (Å²) in [5, 5.41) is 12.6. The largest absolute Gasteiger partial charge is 0.500 e. The summed E-state index contributed by atoms with van der Waals surface area (Å²) in [4.78, 5) is 28.8. The number of carbonyl (C=O) groups is 2. The Morgan fingerprint density at radius 3 is 2.35 bits per heavy atom. The number of methoxy groups -OCH3 is 1. The van der Waals surface area contributed by atoms with E-state index in [9.17, 15) is 14.7 Å². The normalized spacial score (nSPS) is 33.9. The van der Waals surface area contributed by atoms with Crippen molar-refractivity contribution in [2.24, 2.45) is 16.7 Å². The first-order valence-electron chi connectivity index (χ1n) is 11.5. The number of hydrogen-bond donors (Lipinski definition) is 1. The number of aliphatic hydroxyl groups is 1. The lowest BCUT2D eigenvalue weighted by molar-refractivity contribution is -0.218. The first kappa shape index (κ1) is 23.0. The molecule has 2 aromatic rings. The van der Waals surface area contributed by atoms with E-state index in [-0.39, 0.29) is 23.9 Å². The number of carbonyl (C=O) groups excluding carboxylic acids is 2. The summed E-state index contributed by atoms with van der Waals surface area (Å²) in [5.74, 6) is -0.974. The van der Waals surface area contributed by atoms with Gasteiger partial charge in [-0.25, -0.2) is 0 Å². The molecule has 0 amide bonds. The second kappa shape index (κ2) is 7.89. The monoisotopic (exact) mass is 518 g/mol. The first-order chi connectivity index (χ1) is 16.3. The van der Waals surface area contributed by atoms with E-state index < -0.39 is 22.3 Å². The molecule has 2 aromatic carbocycles. The number of Topliss-reactive ketones (excluding diaryl/α,β-unsaturated/α-hetero) is 2. The lowest BCUT2D eigenvalue weighted by Crippen LogP contribution is -2.72. The van der Waals surface area contributed by atoms with Crippen molar-refractivity contribution in [1.29, 1.82) is 0 Å². The predicted molar refractivity (Wildman–Crippen MR) is 134 cm³/mol. The standard InChI is InChI=1S/C29H27BrO4/c1-4-9-21-24(31)28-22(17-27(16-5-2,26(28)32)25(21)34-3)23(18-12-14-20(30)15-13-18)29(28,33)19-10-7-6-8-11-19/h4-8,10-15,22-23,33H,1-2,9,16-17H2,3H3/t22-,23-,27-,28-,29-/m1/s1. The minimum absolute atomic E-state index is 0.251. The molecule has 4 nitrogen and oxygen atoms in total. The third-order valence-corrected chi connectivity index (χ3v) is 8.73. The summed E-state index contributed by atoms with van der Waals surface area (Å²) >= 11 is 3.48. The van der Waals surface area contributed by atoms with Crippen LogP contribution in [-0.4, -0.2) is 23.8 Å². The van der Waals surface area contributed by atoms with Gasteiger partial charge in [0.05, 0.1) is 12.5 Å². The molecule has 0 unspecified atom stereocenters. The Hall–Kier alpha value is -2.76. The number of allylic oxidation sites excluding steroid dienone is 4. The summed E-state index contributed by atoms with van der Waals surface area (Å²) in [7, 11) is 1.51. The molecule has 0 aliphatic heterocycles. The van der Waals surface area contributed by atoms with E-state index in [1.54, 1.807) is 12.2 Å². The number of fused-ring (bicyclic) bond motifs is 1. The SMILES string of the molecule is C=CCC1=C(OC)[C@@]2(CC=C)C[C@@H]3[C@@H](c4ccc(Br)cc4)[C@](O)(c4ccccc4)[C@]3(C1=O)C2=O. The lowest BCUT2D eigenvalue weighted by Gasteiger charge is -2.63. The van der Waals surface area contributed by atoms with Crippen molar-refractivity contribution in [1.82, 2.24) is 0 Å². The number of rotatable bonds is 7. The topological polar surface area (TPSA) is 63.6 Å². The Kier molecular flexibility index (Phi) is 5.34. The van der Waals surface area contributed by atoms with E-state index in [1.165, 1.54) is 7.11 Å². The van der Waals surface area contributed by atoms with Gasteiger partial charge in [0.1, 0.15) is 16.8 Å². The molecule has 2 saturated carbocycles. The Labute approximate surface area is 208 Å². The number of ether oxygens (including phenoxy) is 1. The molecule has 2 fully saturated rings. The van der Waals surface area contributed by atoms with E-state index >= 15 is 0 Å². The fraction of sp³-hybridized carbons (Fsp3) is 0.310. The Bertz CT molecular complexity index is 1230. The molecule has 0 heterocycles. The maximum atomic E-state index is 14.5. The quantitative estimate of drug-likeness (QED) is 0.381. The Balaban J connectivity index is 1.83. The van der Waals surface area contributed by atoms with Gasteiger partial charge in [0.15, 0.2) is 11.6 Å². The van der Waals surface area contributed by atoms with Crippen LogP contribution in [0, 0.1) is 16.7 Å². The zero-order chi connectivity index (χ0) is 24.3. The predicted octanol–water partition coefficient (Wildman–Crippen LogP) is 5.63. The molecular formula is C29H27BrO4. The number of halogens is 1. The number of benzene rings is 2. The van der Waals surface area contributed by atoms with Gasteiger partial charge in [-0.2, -0.15) is 0 Å². The van der Waals surface area contributed by atoms with Crippen LogP contribution in [-0.2, 0) is 19.9 Å². The summed E-state index contributed by atoms with van der Waals surface area (Å²) < 4.78 is 6.71.